The van der Waals surface area contributed by atoms with E-state index in [1.54, 1.807) is 62.1 Å². The number of ether oxygens (including phenoxy) is 1. The summed E-state index contributed by atoms with van der Waals surface area (Å²) in [5, 5.41) is 7.62. The number of alkyl halides is 1. The molecule has 0 unspecified atom stereocenters. The largest absolute Gasteiger partial charge is 0.460 e. The van der Waals surface area contributed by atoms with Gasteiger partial charge in [-0.15, -0.1) is 0 Å². The monoisotopic (exact) mass is 450 g/mol. The van der Waals surface area contributed by atoms with Gasteiger partial charge in [0.25, 0.3) is 11.8 Å². The molecule has 9 heteroatoms. The van der Waals surface area contributed by atoms with E-state index in [4.69, 9.17) is 9.15 Å². The summed E-state index contributed by atoms with van der Waals surface area (Å²) in [6.07, 6.45) is 2.24. The van der Waals surface area contributed by atoms with Crippen LogP contribution < -0.4 is 10.1 Å². The van der Waals surface area contributed by atoms with E-state index in [-0.39, 0.29) is 18.4 Å². The number of rotatable bonds is 4. The third-order valence-electron chi connectivity index (χ3n) is 6.29. The number of nitrogens with zero attached hydrogens (tertiary/aromatic N) is 3. The number of benzene rings is 1. The van der Waals surface area contributed by atoms with Crippen LogP contribution in [0.2, 0.25) is 0 Å². The smallest absolute Gasteiger partial charge is 0.256 e. The van der Waals surface area contributed by atoms with Gasteiger partial charge in [0.1, 0.15) is 28.8 Å². The standard InChI is InChI=1S/C24H23FN4O4/c1-12-17(24(31)28-11-18(25)13(28)2)10-29-22(12)19(7-8-27-29)33-15-5-6-16-20(9-15)32-14(3)21(16)23(30)26-4/h5-10,13,18H,11H2,1-4H3,(H,26,30)/t13-,18-/m0/s1. The normalized spacial score (nSPS) is 17.9. The Morgan fingerprint density at radius 3 is 2.76 bits per heavy atom. The van der Waals surface area contributed by atoms with Crippen LogP contribution in [0.4, 0.5) is 4.39 Å². The first kappa shape index (κ1) is 21.0. The van der Waals surface area contributed by atoms with Crippen molar-refractivity contribution in [1.82, 2.24) is 19.8 Å². The molecule has 33 heavy (non-hydrogen) atoms. The number of carbonyl (C=O) groups excluding carboxylic acids is 2. The van der Waals surface area contributed by atoms with Crippen LogP contribution in [0.25, 0.3) is 16.5 Å². The van der Waals surface area contributed by atoms with Crippen LogP contribution in [-0.4, -0.2) is 52.1 Å². The Balaban J connectivity index is 1.51. The van der Waals surface area contributed by atoms with Gasteiger partial charge in [0.05, 0.1) is 29.9 Å². The van der Waals surface area contributed by atoms with Gasteiger partial charge in [-0.1, -0.05) is 0 Å². The number of hydrogen-bond donors (Lipinski definition) is 1. The van der Waals surface area contributed by atoms with Crippen molar-refractivity contribution < 1.29 is 23.1 Å². The summed E-state index contributed by atoms with van der Waals surface area (Å²) in [5.74, 6) is 1.11. The quantitative estimate of drug-likeness (QED) is 0.507. The molecule has 3 aromatic heterocycles. The minimum Gasteiger partial charge on any atom is -0.460 e. The lowest BCUT2D eigenvalue weighted by atomic mass is 10.0. The van der Waals surface area contributed by atoms with Gasteiger partial charge in [-0.05, 0) is 38.5 Å². The van der Waals surface area contributed by atoms with Crippen LogP contribution >= 0.6 is 0 Å². The highest BCUT2D eigenvalue weighted by Crippen LogP contribution is 2.35. The Hall–Kier alpha value is -3.88. The predicted molar refractivity (Wildman–Crippen MR) is 120 cm³/mol. The number of hydrogen-bond acceptors (Lipinski definition) is 5. The lowest BCUT2D eigenvalue weighted by molar-refractivity contribution is 0.00637. The predicted octanol–water partition coefficient (Wildman–Crippen LogP) is 4.03. The zero-order chi connectivity index (χ0) is 23.4. The summed E-state index contributed by atoms with van der Waals surface area (Å²) in [6.45, 7) is 5.36. The molecular formula is C24H23FN4O4. The average molecular weight is 450 g/mol. The van der Waals surface area contributed by atoms with Crippen LogP contribution in [0.15, 0.2) is 41.1 Å². The molecule has 2 amide bonds. The fourth-order valence-corrected chi connectivity index (χ4v) is 4.31. The van der Waals surface area contributed by atoms with Crippen molar-refractivity contribution in [2.24, 2.45) is 0 Å². The van der Waals surface area contributed by atoms with Crippen molar-refractivity contribution >= 4 is 28.3 Å². The van der Waals surface area contributed by atoms with E-state index < -0.39 is 12.2 Å². The molecule has 8 nitrogen and oxygen atoms in total. The van der Waals surface area contributed by atoms with Gasteiger partial charge in [-0.25, -0.2) is 8.91 Å². The maximum absolute atomic E-state index is 13.6. The first-order valence-electron chi connectivity index (χ1n) is 10.6. The van der Waals surface area contributed by atoms with Crippen LogP contribution in [0.1, 0.15) is 39.0 Å². The van der Waals surface area contributed by atoms with E-state index in [0.717, 1.165) is 0 Å². The van der Waals surface area contributed by atoms with Crippen molar-refractivity contribution in [3.05, 3.63) is 59.1 Å². The molecular weight excluding hydrogens is 427 g/mol. The molecule has 1 N–H and O–H groups in total. The van der Waals surface area contributed by atoms with Gasteiger partial charge in [0, 0.05) is 30.8 Å². The van der Waals surface area contributed by atoms with E-state index in [1.165, 1.54) is 4.90 Å². The van der Waals surface area contributed by atoms with Crippen LogP contribution in [-0.2, 0) is 0 Å². The van der Waals surface area contributed by atoms with Gasteiger partial charge in [-0.3, -0.25) is 9.59 Å². The molecule has 170 valence electrons. The molecule has 0 spiro atoms. The Labute approximate surface area is 188 Å². The summed E-state index contributed by atoms with van der Waals surface area (Å²) < 4.78 is 27.1. The Morgan fingerprint density at radius 2 is 2.06 bits per heavy atom. The maximum atomic E-state index is 13.6. The zero-order valence-electron chi connectivity index (χ0n) is 18.7. The van der Waals surface area contributed by atoms with Crippen molar-refractivity contribution in [2.45, 2.75) is 33.0 Å². The molecule has 2 atom stereocenters. The topological polar surface area (TPSA) is 89.1 Å². The van der Waals surface area contributed by atoms with Gasteiger partial charge in [-0.2, -0.15) is 5.10 Å². The molecule has 0 saturated carbocycles. The number of aromatic nitrogens is 2. The first-order chi connectivity index (χ1) is 15.8. The van der Waals surface area contributed by atoms with Gasteiger partial charge < -0.3 is 19.4 Å². The number of likely N-dealkylation sites (tertiary alicyclic amines) is 1. The number of carbonyl (C=O) groups is 2. The van der Waals surface area contributed by atoms with Gasteiger partial charge in [0.15, 0.2) is 5.75 Å². The first-order valence-corrected chi connectivity index (χ1v) is 10.6. The third kappa shape index (κ3) is 3.23. The Morgan fingerprint density at radius 1 is 1.27 bits per heavy atom. The third-order valence-corrected chi connectivity index (χ3v) is 6.29. The number of aryl methyl sites for hydroxylation is 2. The number of furan rings is 1. The number of amides is 2. The second-order valence-corrected chi connectivity index (χ2v) is 8.24. The second kappa shape index (κ2) is 7.61. The van der Waals surface area contributed by atoms with E-state index >= 15 is 0 Å². The van der Waals surface area contributed by atoms with Crippen LogP contribution in [0, 0.1) is 13.8 Å². The minimum absolute atomic E-state index is 0.100. The fourth-order valence-electron chi connectivity index (χ4n) is 4.31. The van der Waals surface area contributed by atoms with Crippen LogP contribution in [0.5, 0.6) is 11.5 Å². The number of fused-ring (bicyclic) bond motifs is 2. The molecule has 5 rings (SSSR count). The molecule has 1 saturated heterocycles. The molecule has 1 aliphatic heterocycles. The molecule has 0 bridgehead atoms. The molecule has 0 radical (unpaired) electrons. The van der Waals surface area contributed by atoms with Crippen molar-refractivity contribution in [1.29, 1.82) is 0 Å². The zero-order valence-corrected chi connectivity index (χ0v) is 18.7. The van der Waals surface area contributed by atoms with E-state index in [1.807, 2.05) is 6.92 Å². The van der Waals surface area contributed by atoms with E-state index in [0.29, 0.717) is 50.4 Å². The van der Waals surface area contributed by atoms with Crippen molar-refractivity contribution in [2.75, 3.05) is 13.6 Å². The summed E-state index contributed by atoms with van der Waals surface area (Å²) in [4.78, 5) is 26.6. The summed E-state index contributed by atoms with van der Waals surface area (Å²) in [6, 6.07) is 6.54. The SMILES string of the molecule is CNC(=O)c1c(C)oc2cc(Oc3ccnn4cc(C(=O)N5C[C@H](F)[C@@H]5C)c(C)c34)ccc12. The maximum Gasteiger partial charge on any atom is 0.256 e. The highest BCUT2D eigenvalue weighted by molar-refractivity contribution is 6.07. The van der Waals surface area contributed by atoms with Gasteiger partial charge in [0.2, 0.25) is 0 Å². The van der Waals surface area contributed by atoms with Crippen molar-refractivity contribution in [3.63, 3.8) is 0 Å². The highest BCUT2D eigenvalue weighted by atomic mass is 19.1. The average Bonchev–Trinajstić information content (AvgIpc) is 3.32. The molecule has 1 aromatic carbocycles. The lowest BCUT2D eigenvalue weighted by Gasteiger charge is -2.41. The van der Waals surface area contributed by atoms with Gasteiger partial charge >= 0.3 is 0 Å². The number of nitrogens with one attached hydrogen (secondary N) is 1. The summed E-state index contributed by atoms with van der Waals surface area (Å²) >= 11 is 0. The molecule has 4 aromatic rings. The van der Waals surface area contributed by atoms with Crippen LogP contribution in [0.3, 0.4) is 0 Å². The van der Waals surface area contributed by atoms with E-state index in [2.05, 4.69) is 10.4 Å². The Kier molecular flexibility index (Phi) is 4.84. The van der Waals surface area contributed by atoms with Crippen molar-refractivity contribution in [3.8, 4) is 11.5 Å². The molecule has 1 aliphatic rings. The minimum atomic E-state index is -0.993. The summed E-state index contributed by atoms with van der Waals surface area (Å²) in [5.41, 5.74) is 2.84. The fraction of sp³-hybridized carbons (Fsp3) is 0.292. The Bertz CT molecular complexity index is 1420. The summed E-state index contributed by atoms with van der Waals surface area (Å²) in [7, 11) is 1.57. The molecule has 1 fully saturated rings. The molecule has 4 heterocycles. The van der Waals surface area contributed by atoms with E-state index in [9.17, 15) is 14.0 Å². The lowest BCUT2D eigenvalue weighted by Crippen LogP contribution is -2.58. The highest BCUT2D eigenvalue weighted by Gasteiger charge is 2.40. The second-order valence-electron chi connectivity index (χ2n) is 8.24. The number of halogens is 1. The molecule has 0 aliphatic carbocycles.